The van der Waals surface area contributed by atoms with E-state index in [1.807, 2.05) is 0 Å². The molecule has 6 heteroatoms. The van der Waals surface area contributed by atoms with Crippen LogP contribution >= 0.6 is 0 Å². The second-order valence-electron chi connectivity index (χ2n) is 5.27. The van der Waals surface area contributed by atoms with Crippen LogP contribution < -0.4 is 5.73 Å². The van der Waals surface area contributed by atoms with Crippen LogP contribution in [-0.4, -0.2) is 37.0 Å². The SMILES string of the molecule is CN(CC1(O)CCCC1)S(=O)(=O)c1cccc(N)c1. The molecule has 5 nitrogen and oxygen atoms in total. The van der Waals surface area contributed by atoms with Crippen LogP contribution in [0, 0.1) is 0 Å². The van der Waals surface area contributed by atoms with Gasteiger partial charge in [0, 0.05) is 19.3 Å². The largest absolute Gasteiger partial charge is 0.399 e. The second kappa shape index (κ2) is 5.11. The highest BCUT2D eigenvalue weighted by Gasteiger charge is 2.35. The van der Waals surface area contributed by atoms with Gasteiger partial charge in [-0.2, -0.15) is 4.31 Å². The molecule has 3 N–H and O–H groups in total. The van der Waals surface area contributed by atoms with Crippen molar-refractivity contribution in [2.75, 3.05) is 19.3 Å². The molecule has 1 fully saturated rings. The summed E-state index contributed by atoms with van der Waals surface area (Å²) in [6.07, 6.45) is 3.21. The molecule has 0 amide bonds. The minimum absolute atomic E-state index is 0.129. The topological polar surface area (TPSA) is 83.6 Å². The van der Waals surface area contributed by atoms with Crippen LogP contribution in [0.4, 0.5) is 5.69 Å². The quantitative estimate of drug-likeness (QED) is 0.814. The van der Waals surface area contributed by atoms with Crippen LogP contribution in [0.1, 0.15) is 25.7 Å². The lowest BCUT2D eigenvalue weighted by Gasteiger charge is -2.28. The van der Waals surface area contributed by atoms with Gasteiger partial charge in [-0.1, -0.05) is 18.9 Å². The van der Waals surface area contributed by atoms with Gasteiger partial charge in [0.05, 0.1) is 10.5 Å². The number of aliphatic hydroxyl groups is 1. The first-order valence-electron chi connectivity index (χ1n) is 6.38. The van der Waals surface area contributed by atoms with Crippen LogP contribution in [0.3, 0.4) is 0 Å². The summed E-state index contributed by atoms with van der Waals surface area (Å²) >= 11 is 0. The number of hydrogen-bond acceptors (Lipinski definition) is 4. The number of likely N-dealkylation sites (N-methyl/N-ethyl adjacent to an activating group) is 1. The molecule has 1 aromatic carbocycles. The molecule has 1 aromatic rings. The lowest BCUT2D eigenvalue weighted by atomic mass is 10.0. The summed E-state index contributed by atoms with van der Waals surface area (Å²) in [4.78, 5) is 0.164. The molecule has 2 rings (SSSR count). The van der Waals surface area contributed by atoms with Crippen molar-refractivity contribution < 1.29 is 13.5 Å². The third kappa shape index (κ3) is 3.08. The summed E-state index contributed by atoms with van der Waals surface area (Å²) in [6.45, 7) is 0.129. The Hall–Kier alpha value is -1.11. The van der Waals surface area contributed by atoms with Crippen molar-refractivity contribution in [1.29, 1.82) is 0 Å². The number of nitrogens with two attached hydrogens (primary N) is 1. The number of benzene rings is 1. The van der Waals surface area contributed by atoms with Crippen molar-refractivity contribution in [1.82, 2.24) is 4.31 Å². The summed E-state index contributed by atoms with van der Waals surface area (Å²) in [5, 5.41) is 10.3. The molecule has 0 aromatic heterocycles. The fraction of sp³-hybridized carbons (Fsp3) is 0.538. The monoisotopic (exact) mass is 284 g/mol. The molecule has 0 spiro atoms. The van der Waals surface area contributed by atoms with Crippen molar-refractivity contribution in [3.05, 3.63) is 24.3 Å². The van der Waals surface area contributed by atoms with E-state index < -0.39 is 15.6 Å². The molecule has 106 valence electrons. The minimum atomic E-state index is -3.59. The standard InChI is InChI=1S/C13H20N2O3S/c1-15(10-13(16)7-2-3-8-13)19(17,18)12-6-4-5-11(14)9-12/h4-6,9,16H,2-3,7-8,10,14H2,1H3. The highest BCUT2D eigenvalue weighted by atomic mass is 32.2. The van der Waals surface area contributed by atoms with Crippen molar-refractivity contribution >= 4 is 15.7 Å². The van der Waals surface area contributed by atoms with Gasteiger partial charge in [0.1, 0.15) is 0 Å². The maximum absolute atomic E-state index is 12.4. The summed E-state index contributed by atoms with van der Waals surface area (Å²) < 4.78 is 26.0. The molecule has 1 saturated carbocycles. The van der Waals surface area contributed by atoms with Gasteiger partial charge in [0.15, 0.2) is 0 Å². The summed E-state index contributed by atoms with van der Waals surface area (Å²) in [7, 11) is -2.10. The Morgan fingerprint density at radius 3 is 2.58 bits per heavy atom. The van der Waals surface area contributed by atoms with E-state index in [4.69, 9.17) is 5.73 Å². The average Bonchev–Trinajstić information content (AvgIpc) is 2.75. The molecule has 1 aliphatic carbocycles. The normalized spacial score (nSPS) is 18.9. The Kier molecular flexibility index (Phi) is 3.85. The zero-order chi connectivity index (χ0) is 14.1. The van der Waals surface area contributed by atoms with E-state index in [-0.39, 0.29) is 11.4 Å². The fourth-order valence-corrected chi connectivity index (χ4v) is 3.85. The Balaban J connectivity index is 2.19. The van der Waals surface area contributed by atoms with Crippen LogP contribution in [0.5, 0.6) is 0 Å². The van der Waals surface area contributed by atoms with Gasteiger partial charge in [-0.25, -0.2) is 8.42 Å². The summed E-state index contributed by atoms with van der Waals surface area (Å²) in [5.41, 5.74) is 5.14. The fourth-order valence-electron chi connectivity index (χ4n) is 2.55. The predicted octanol–water partition coefficient (Wildman–Crippen LogP) is 1.19. The highest BCUT2D eigenvalue weighted by molar-refractivity contribution is 7.89. The predicted molar refractivity (Wildman–Crippen MR) is 74.1 cm³/mol. The second-order valence-corrected chi connectivity index (χ2v) is 7.31. The van der Waals surface area contributed by atoms with Gasteiger partial charge in [-0.3, -0.25) is 0 Å². The lowest BCUT2D eigenvalue weighted by molar-refractivity contribution is 0.0333. The van der Waals surface area contributed by atoms with Gasteiger partial charge < -0.3 is 10.8 Å². The van der Waals surface area contributed by atoms with E-state index >= 15 is 0 Å². The number of sulfonamides is 1. The lowest BCUT2D eigenvalue weighted by Crippen LogP contribution is -2.41. The first-order valence-corrected chi connectivity index (χ1v) is 7.82. The van der Waals surface area contributed by atoms with Gasteiger partial charge in [-0.05, 0) is 31.0 Å². The van der Waals surface area contributed by atoms with Crippen molar-refractivity contribution in [3.8, 4) is 0 Å². The van der Waals surface area contributed by atoms with E-state index in [0.29, 0.717) is 18.5 Å². The first kappa shape index (κ1) is 14.3. The third-order valence-corrected chi connectivity index (χ3v) is 5.42. The maximum Gasteiger partial charge on any atom is 0.242 e. The number of rotatable bonds is 4. The van der Waals surface area contributed by atoms with Crippen LogP contribution in [-0.2, 0) is 10.0 Å². The number of nitrogens with zero attached hydrogens (tertiary/aromatic N) is 1. The third-order valence-electron chi connectivity index (χ3n) is 3.62. The van der Waals surface area contributed by atoms with Crippen LogP contribution in [0.2, 0.25) is 0 Å². The number of hydrogen-bond donors (Lipinski definition) is 2. The molecule has 0 saturated heterocycles. The van der Waals surface area contributed by atoms with E-state index in [1.165, 1.54) is 23.5 Å². The molecule has 0 radical (unpaired) electrons. The molecule has 1 aliphatic rings. The van der Waals surface area contributed by atoms with Crippen molar-refractivity contribution in [2.45, 2.75) is 36.2 Å². The average molecular weight is 284 g/mol. The molecule has 0 aliphatic heterocycles. The smallest absolute Gasteiger partial charge is 0.242 e. The Bertz CT molecular complexity index is 551. The van der Waals surface area contributed by atoms with Gasteiger partial charge in [0.25, 0.3) is 0 Å². The molecule has 0 atom stereocenters. The van der Waals surface area contributed by atoms with Gasteiger partial charge >= 0.3 is 0 Å². The highest BCUT2D eigenvalue weighted by Crippen LogP contribution is 2.31. The summed E-state index contributed by atoms with van der Waals surface area (Å²) in [6, 6.07) is 6.20. The molecule has 0 bridgehead atoms. The van der Waals surface area contributed by atoms with E-state index in [2.05, 4.69) is 0 Å². The van der Waals surface area contributed by atoms with Crippen molar-refractivity contribution in [2.24, 2.45) is 0 Å². The molecular formula is C13H20N2O3S. The maximum atomic E-state index is 12.4. The zero-order valence-corrected chi connectivity index (χ0v) is 11.9. The van der Waals surface area contributed by atoms with Crippen LogP contribution in [0.15, 0.2) is 29.2 Å². The van der Waals surface area contributed by atoms with Crippen molar-refractivity contribution in [3.63, 3.8) is 0 Å². The Morgan fingerprint density at radius 2 is 2.00 bits per heavy atom. The zero-order valence-electron chi connectivity index (χ0n) is 11.0. The summed E-state index contributed by atoms with van der Waals surface area (Å²) in [5.74, 6) is 0. The Labute approximate surface area is 114 Å². The first-order chi connectivity index (χ1) is 8.83. The van der Waals surface area contributed by atoms with Gasteiger partial charge in [0.2, 0.25) is 10.0 Å². The number of nitrogen functional groups attached to an aromatic ring is 1. The molecule has 19 heavy (non-hydrogen) atoms. The molecule has 0 heterocycles. The van der Waals surface area contributed by atoms with E-state index in [9.17, 15) is 13.5 Å². The minimum Gasteiger partial charge on any atom is -0.399 e. The molecular weight excluding hydrogens is 264 g/mol. The Morgan fingerprint density at radius 1 is 1.37 bits per heavy atom. The van der Waals surface area contributed by atoms with E-state index in [1.54, 1.807) is 12.1 Å². The van der Waals surface area contributed by atoms with Crippen LogP contribution in [0.25, 0.3) is 0 Å². The molecule has 0 unspecified atom stereocenters. The van der Waals surface area contributed by atoms with E-state index in [0.717, 1.165) is 12.8 Å². The van der Waals surface area contributed by atoms with Gasteiger partial charge in [-0.15, -0.1) is 0 Å². The number of anilines is 1.